The third kappa shape index (κ3) is 5.89. The van der Waals surface area contributed by atoms with Gasteiger partial charge >= 0.3 is 5.97 Å². The van der Waals surface area contributed by atoms with Crippen LogP contribution in [0.2, 0.25) is 0 Å². The van der Waals surface area contributed by atoms with Crippen LogP contribution in [0.5, 0.6) is 0 Å². The monoisotopic (exact) mass is 533 g/mol. The molecule has 40 heavy (non-hydrogen) atoms. The second kappa shape index (κ2) is 12.3. The Hall–Kier alpha value is -4.91. The first-order chi connectivity index (χ1) is 19.5. The number of nitrogens with zero attached hydrogens (tertiary/aromatic N) is 1. The van der Waals surface area contributed by atoms with E-state index in [4.69, 9.17) is 4.74 Å². The number of aromatic nitrogens is 2. The minimum absolute atomic E-state index is 0.0381. The molecule has 0 saturated heterocycles. The van der Waals surface area contributed by atoms with Crippen LogP contribution in [0.3, 0.4) is 0 Å². The molecule has 2 aromatic heterocycles. The van der Waals surface area contributed by atoms with E-state index in [0.29, 0.717) is 30.7 Å². The Labute approximate surface area is 232 Å². The molecule has 3 aromatic carbocycles. The van der Waals surface area contributed by atoms with Gasteiger partial charge in [-0.15, -0.1) is 0 Å². The summed E-state index contributed by atoms with van der Waals surface area (Å²) in [5.74, 6) is -0.605. The molecule has 1 amide bonds. The largest absolute Gasteiger partial charge is 0.465 e. The summed E-state index contributed by atoms with van der Waals surface area (Å²) in [5.41, 5.74) is 4.95. The Bertz CT molecular complexity index is 1630. The van der Waals surface area contributed by atoms with Crippen LogP contribution in [0.1, 0.15) is 45.5 Å². The number of hydrogen-bond acceptors (Lipinski definition) is 4. The van der Waals surface area contributed by atoms with Gasteiger partial charge in [0, 0.05) is 46.9 Å². The molecule has 5 aromatic rings. The number of pyridine rings is 1. The van der Waals surface area contributed by atoms with Crippen molar-refractivity contribution in [1.29, 1.82) is 0 Å². The molecule has 0 atom stereocenters. The Kier molecular flexibility index (Phi) is 8.21. The van der Waals surface area contributed by atoms with Crippen LogP contribution in [0.4, 0.5) is 0 Å². The molecule has 0 spiro atoms. The predicted molar refractivity (Wildman–Crippen MR) is 155 cm³/mol. The number of fused-ring (bicyclic) bond motifs is 1. The van der Waals surface area contributed by atoms with Gasteiger partial charge in [0.15, 0.2) is 0 Å². The number of aromatic amines is 1. The van der Waals surface area contributed by atoms with Gasteiger partial charge in [0.05, 0.1) is 6.61 Å². The average molecular weight is 534 g/mol. The van der Waals surface area contributed by atoms with Crippen LogP contribution in [-0.2, 0) is 22.5 Å². The van der Waals surface area contributed by atoms with Crippen LogP contribution in [-0.4, -0.2) is 34.6 Å². The minimum atomic E-state index is -0.330. The standard InChI is InChI=1S/C33H31N3O4/c1-2-40-30(37)22-36-19-17-27-28(14-9-15-29(27)36)33(39)34-18-16-25-20-26(21-35-32(25)38)31(23-10-5-3-6-11-23)24-12-7-4-8-13-24/h3-15,17,19-21,31H,2,16,18,22H2,1H3,(H,34,39)(H,35,38). The zero-order chi connectivity index (χ0) is 27.9. The summed E-state index contributed by atoms with van der Waals surface area (Å²) in [6, 6.07) is 29.5. The van der Waals surface area contributed by atoms with Crippen molar-refractivity contribution in [1.82, 2.24) is 14.9 Å². The highest BCUT2D eigenvalue weighted by atomic mass is 16.5. The smallest absolute Gasteiger partial charge is 0.325 e. The molecule has 0 unspecified atom stereocenters. The first-order valence-corrected chi connectivity index (χ1v) is 13.4. The third-order valence-corrected chi connectivity index (χ3v) is 6.94. The number of hydrogen-bond donors (Lipinski definition) is 2. The summed E-state index contributed by atoms with van der Waals surface area (Å²) in [4.78, 5) is 40.7. The van der Waals surface area contributed by atoms with Crippen LogP contribution in [0.15, 0.2) is 108 Å². The van der Waals surface area contributed by atoms with E-state index in [2.05, 4.69) is 34.6 Å². The number of rotatable bonds is 10. The number of carbonyl (C=O) groups excluding carboxylic acids is 2. The quantitative estimate of drug-likeness (QED) is 0.246. The summed E-state index contributed by atoms with van der Waals surface area (Å²) in [7, 11) is 0. The summed E-state index contributed by atoms with van der Waals surface area (Å²) in [6.07, 6.45) is 3.93. The maximum Gasteiger partial charge on any atom is 0.325 e. The number of carbonyl (C=O) groups is 2. The zero-order valence-corrected chi connectivity index (χ0v) is 22.3. The van der Waals surface area contributed by atoms with Crippen LogP contribution >= 0.6 is 0 Å². The van der Waals surface area contributed by atoms with Gasteiger partial charge in [0.1, 0.15) is 6.54 Å². The van der Waals surface area contributed by atoms with Gasteiger partial charge in [-0.2, -0.15) is 0 Å². The lowest BCUT2D eigenvalue weighted by Crippen LogP contribution is -2.27. The highest BCUT2D eigenvalue weighted by molar-refractivity contribution is 6.06. The summed E-state index contributed by atoms with van der Waals surface area (Å²) in [5, 5.41) is 3.70. The van der Waals surface area contributed by atoms with E-state index in [1.807, 2.05) is 54.6 Å². The molecular formula is C33H31N3O4. The second-order valence-corrected chi connectivity index (χ2v) is 9.53. The molecule has 202 valence electrons. The number of ether oxygens (including phenoxy) is 1. The van der Waals surface area contributed by atoms with Gasteiger partial charge in [-0.05, 0) is 54.3 Å². The molecular weight excluding hydrogens is 502 g/mol. The molecule has 0 aliphatic carbocycles. The first-order valence-electron chi connectivity index (χ1n) is 13.4. The average Bonchev–Trinajstić information content (AvgIpc) is 3.38. The van der Waals surface area contributed by atoms with Crippen molar-refractivity contribution in [3.8, 4) is 0 Å². The number of amides is 1. The molecule has 0 aliphatic rings. The fraction of sp³-hybridized carbons (Fsp3) is 0.182. The van der Waals surface area contributed by atoms with Gasteiger partial charge < -0.3 is 19.6 Å². The molecule has 0 fully saturated rings. The number of nitrogens with one attached hydrogen (secondary N) is 2. The molecule has 0 saturated carbocycles. The number of benzene rings is 3. The van der Waals surface area contributed by atoms with Crippen molar-refractivity contribution in [3.63, 3.8) is 0 Å². The van der Waals surface area contributed by atoms with Gasteiger partial charge in [-0.1, -0.05) is 66.7 Å². The Morgan fingerprint density at radius 2 is 1.60 bits per heavy atom. The highest BCUT2D eigenvalue weighted by Gasteiger charge is 2.18. The van der Waals surface area contributed by atoms with Gasteiger partial charge in [0.2, 0.25) is 0 Å². The lowest BCUT2D eigenvalue weighted by atomic mass is 9.85. The Balaban J connectivity index is 1.32. The van der Waals surface area contributed by atoms with Crippen LogP contribution in [0, 0.1) is 0 Å². The highest BCUT2D eigenvalue weighted by Crippen LogP contribution is 2.31. The van der Waals surface area contributed by atoms with E-state index in [1.54, 1.807) is 36.0 Å². The molecule has 0 radical (unpaired) electrons. The number of H-pyrrole nitrogens is 1. The van der Waals surface area contributed by atoms with Crippen molar-refractivity contribution in [2.24, 2.45) is 0 Å². The normalized spacial score (nSPS) is 11.1. The lowest BCUT2D eigenvalue weighted by Gasteiger charge is -2.19. The van der Waals surface area contributed by atoms with Gasteiger partial charge in [0.25, 0.3) is 11.5 Å². The number of esters is 1. The first kappa shape index (κ1) is 26.7. The van der Waals surface area contributed by atoms with E-state index in [-0.39, 0.29) is 29.9 Å². The maximum absolute atomic E-state index is 13.1. The summed E-state index contributed by atoms with van der Waals surface area (Å²) >= 11 is 0. The molecule has 2 N–H and O–H groups in total. The molecule has 7 nitrogen and oxygen atoms in total. The topological polar surface area (TPSA) is 93.2 Å². The van der Waals surface area contributed by atoms with E-state index in [9.17, 15) is 14.4 Å². The van der Waals surface area contributed by atoms with Crippen molar-refractivity contribution in [2.45, 2.75) is 25.8 Å². The Morgan fingerprint density at radius 1 is 0.900 bits per heavy atom. The van der Waals surface area contributed by atoms with Crippen molar-refractivity contribution in [3.05, 3.63) is 142 Å². The molecule has 2 heterocycles. The van der Waals surface area contributed by atoms with Gasteiger partial charge in [-0.3, -0.25) is 14.4 Å². The van der Waals surface area contributed by atoms with E-state index < -0.39 is 0 Å². The second-order valence-electron chi connectivity index (χ2n) is 9.53. The summed E-state index contributed by atoms with van der Waals surface area (Å²) < 4.78 is 6.82. The van der Waals surface area contributed by atoms with Gasteiger partial charge in [-0.25, -0.2) is 0 Å². The van der Waals surface area contributed by atoms with Crippen LogP contribution in [0.25, 0.3) is 10.9 Å². The van der Waals surface area contributed by atoms with Crippen molar-refractivity contribution < 1.29 is 14.3 Å². The van der Waals surface area contributed by atoms with Crippen molar-refractivity contribution in [2.75, 3.05) is 13.2 Å². The minimum Gasteiger partial charge on any atom is -0.465 e. The van der Waals surface area contributed by atoms with E-state index >= 15 is 0 Å². The SMILES string of the molecule is CCOC(=O)Cn1ccc2c(C(=O)NCCc3cc(C(c4ccccc4)c4ccccc4)c[nH]c3=O)cccc21. The maximum atomic E-state index is 13.1. The van der Waals surface area contributed by atoms with E-state index in [1.165, 1.54) is 0 Å². The third-order valence-electron chi connectivity index (χ3n) is 6.94. The Morgan fingerprint density at radius 3 is 2.27 bits per heavy atom. The zero-order valence-electron chi connectivity index (χ0n) is 22.3. The van der Waals surface area contributed by atoms with Crippen molar-refractivity contribution >= 4 is 22.8 Å². The predicted octanol–water partition coefficient (Wildman–Crippen LogP) is 5.05. The van der Waals surface area contributed by atoms with Crippen LogP contribution < -0.4 is 10.9 Å². The summed E-state index contributed by atoms with van der Waals surface area (Å²) in [6.45, 7) is 2.46. The molecule has 5 rings (SSSR count). The molecule has 0 aliphatic heterocycles. The molecule has 0 bridgehead atoms. The fourth-order valence-corrected chi connectivity index (χ4v) is 5.08. The van der Waals surface area contributed by atoms with E-state index in [0.717, 1.165) is 27.6 Å². The molecule has 7 heteroatoms. The fourth-order valence-electron chi connectivity index (χ4n) is 5.08. The lowest BCUT2D eigenvalue weighted by molar-refractivity contribution is -0.143.